The Balaban J connectivity index is 1.87. The Labute approximate surface area is 119 Å². The van der Waals surface area contributed by atoms with E-state index in [2.05, 4.69) is 10.3 Å². The third-order valence-electron chi connectivity index (χ3n) is 3.16. The summed E-state index contributed by atoms with van der Waals surface area (Å²) < 4.78 is 28.0. The van der Waals surface area contributed by atoms with Gasteiger partial charge in [0.15, 0.2) is 11.6 Å². The van der Waals surface area contributed by atoms with Crippen molar-refractivity contribution in [2.45, 2.75) is 13.0 Å². The highest BCUT2D eigenvalue weighted by Gasteiger charge is 2.14. The molecule has 0 saturated carbocycles. The minimum atomic E-state index is -0.825. The first-order valence-electron chi connectivity index (χ1n) is 6.19. The standard InChI is InChI=1S/C15H12F2N2S/c1-9(11-3-2-4-12(16)15(11)17)19-10-5-6-13-14(7-10)20-8-18-13/h2-9,19H,1H3. The molecule has 0 spiro atoms. The Bertz CT molecular complexity index is 754. The van der Waals surface area contributed by atoms with Gasteiger partial charge in [-0.05, 0) is 31.2 Å². The van der Waals surface area contributed by atoms with Crippen molar-refractivity contribution in [2.75, 3.05) is 5.32 Å². The number of fused-ring (bicyclic) bond motifs is 1. The fourth-order valence-electron chi connectivity index (χ4n) is 2.13. The fraction of sp³-hybridized carbons (Fsp3) is 0.133. The summed E-state index contributed by atoms with van der Waals surface area (Å²) in [6.45, 7) is 1.80. The highest BCUT2D eigenvalue weighted by molar-refractivity contribution is 7.16. The molecule has 1 atom stereocenters. The largest absolute Gasteiger partial charge is 0.378 e. The molecule has 1 aromatic heterocycles. The summed E-state index contributed by atoms with van der Waals surface area (Å²) in [5, 5.41) is 3.18. The maximum absolute atomic E-state index is 13.7. The van der Waals surface area contributed by atoms with Gasteiger partial charge in [-0.25, -0.2) is 13.8 Å². The number of hydrogen-bond acceptors (Lipinski definition) is 3. The van der Waals surface area contributed by atoms with E-state index >= 15 is 0 Å². The third kappa shape index (κ3) is 2.36. The average molecular weight is 290 g/mol. The second kappa shape index (κ2) is 5.17. The number of benzene rings is 2. The van der Waals surface area contributed by atoms with Gasteiger partial charge in [0.05, 0.1) is 21.8 Å². The predicted molar refractivity (Wildman–Crippen MR) is 78.0 cm³/mol. The zero-order valence-electron chi connectivity index (χ0n) is 10.7. The molecule has 0 radical (unpaired) electrons. The van der Waals surface area contributed by atoms with Crippen molar-refractivity contribution in [1.29, 1.82) is 0 Å². The third-order valence-corrected chi connectivity index (χ3v) is 3.95. The van der Waals surface area contributed by atoms with Gasteiger partial charge in [-0.2, -0.15) is 0 Å². The van der Waals surface area contributed by atoms with E-state index in [1.54, 1.807) is 29.8 Å². The Morgan fingerprint density at radius 2 is 2.05 bits per heavy atom. The van der Waals surface area contributed by atoms with Crippen molar-refractivity contribution in [2.24, 2.45) is 0 Å². The van der Waals surface area contributed by atoms with E-state index in [1.807, 2.05) is 18.2 Å². The number of hydrogen-bond donors (Lipinski definition) is 1. The molecule has 0 aliphatic rings. The second-order valence-electron chi connectivity index (χ2n) is 4.54. The Kier molecular flexibility index (Phi) is 3.36. The zero-order chi connectivity index (χ0) is 14.1. The van der Waals surface area contributed by atoms with E-state index in [1.165, 1.54) is 6.07 Å². The van der Waals surface area contributed by atoms with Crippen LogP contribution in [0.4, 0.5) is 14.5 Å². The number of thiazole rings is 1. The number of nitrogens with one attached hydrogen (secondary N) is 1. The summed E-state index contributed by atoms with van der Waals surface area (Å²) >= 11 is 1.54. The lowest BCUT2D eigenvalue weighted by Crippen LogP contribution is -2.09. The van der Waals surface area contributed by atoms with Gasteiger partial charge >= 0.3 is 0 Å². The van der Waals surface area contributed by atoms with Crippen molar-refractivity contribution < 1.29 is 8.78 Å². The minimum absolute atomic E-state index is 0.314. The molecule has 102 valence electrons. The normalized spacial score (nSPS) is 12.6. The summed E-state index contributed by atoms with van der Waals surface area (Å²) in [6.07, 6.45) is 0. The van der Waals surface area contributed by atoms with Crippen LogP contribution in [0.15, 0.2) is 41.9 Å². The van der Waals surface area contributed by atoms with E-state index in [4.69, 9.17) is 0 Å². The maximum Gasteiger partial charge on any atom is 0.164 e. The number of halogens is 2. The smallest absolute Gasteiger partial charge is 0.164 e. The molecule has 3 aromatic rings. The minimum Gasteiger partial charge on any atom is -0.378 e. The lowest BCUT2D eigenvalue weighted by molar-refractivity contribution is 0.494. The second-order valence-corrected chi connectivity index (χ2v) is 5.43. The van der Waals surface area contributed by atoms with Crippen molar-refractivity contribution in [3.8, 4) is 0 Å². The molecular weight excluding hydrogens is 278 g/mol. The van der Waals surface area contributed by atoms with Gasteiger partial charge in [-0.3, -0.25) is 0 Å². The van der Waals surface area contributed by atoms with Crippen LogP contribution in [-0.4, -0.2) is 4.98 Å². The highest BCUT2D eigenvalue weighted by atomic mass is 32.1. The number of nitrogens with zero attached hydrogens (tertiary/aromatic N) is 1. The predicted octanol–water partition coefficient (Wildman–Crippen LogP) is 4.75. The van der Waals surface area contributed by atoms with Crippen LogP contribution in [0.2, 0.25) is 0 Å². The van der Waals surface area contributed by atoms with Gasteiger partial charge < -0.3 is 5.32 Å². The lowest BCUT2D eigenvalue weighted by Gasteiger charge is -2.16. The van der Waals surface area contributed by atoms with Gasteiger partial charge in [0, 0.05) is 11.3 Å². The number of anilines is 1. The van der Waals surface area contributed by atoms with E-state index in [-0.39, 0.29) is 6.04 Å². The van der Waals surface area contributed by atoms with Crippen LogP contribution in [0.3, 0.4) is 0 Å². The van der Waals surface area contributed by atoms with Gasteiger partial charge in [0.2, 0.25) is 0 Å². The molecule has 5 heteroatoms. The van der Waals surface area contributed by atoms with E-state index < -0.39 is 11.6 Å². The zero-order valence-corrected chi connectivity index (χ0v) is 11.5. The number of aromatic nitrogens is 1. The van der Waals surface area contributed by atoms with Crippen molar-refractivity contribution in [1.82, 2.24) is 4.98 Å². The van der Waals surface area contributed by atoms with Crippen LogP contribution >= 0.6 is 11.3 Å². The quantitative estimate of drug-likeness (QED) is 0.753. The summed E-state index contributed by atoms with van der Waals surface area (Å²) in [7, 11) is 0. The molecule has 0 aliphatic heterocycles. The Morgan fingerprint density at radius 1 is 1.20 bits per heavy atom. The van der Waals surface area contributed by atoms with Gasteiger partial charge in [0.1, 0.15) is 0 Å². The average Bonchev–Trinajstić information content (AvgIpc) is 2.89. The van der Waals surface area contributed by atoms with Gasteiger partial charge in [-0.15, -0.1) is 11.3 Å². The molecule has 2 nitrogen and oxygen atoms in total. The van der Waals surface area contributed by atoms with E-state index in [9.17, 15) is 8.78 Å². The lowest BCUT2D eigenvalue weighted by atomic mass is 10.1. The van der Waals surface area contributed by atoms with Crippen LogP contribution in [0.25, 0.3) is 10.2 Å². The molecule has 0 saturated heterocycles. The van der Waals surface area contributed by atoms with E-state index in [0.29, 0.717) is 5.56 Å². The molecule has 0 aliphatic carbocycles. The monoisotopic (exact) mass is 290 g/mol. The van der Waals surface area contributed by atoms with Crippen LogP contribution in [-0.2, 0) is 0 Å². The van der Waals surface area contributed by atoms with Crippen LogP contribution in [0, 0.1) is 11.6 Å². The van der Waals surface area contributed by atoms with Crippen molar-refractivity contribution >= 4 is 27.2 Å². The molecule has 2 aromatic carbocycles. The topological polar surface area (TPSA) is 24.9 Å². The Hall–Kier alpha value is -2.01. The van der Waals surface area contributed by atoms with Crippen LogP contribution in [0.1, 0.15) is 18.5 Å². The molecule has 1 unspecified atom stereocenters. The van der Waals surface area contributed by atoms with Crippen LogP contribution in [0.5, 0.6) is 0 Å². The van der Waals surface area contributed by atoms with Gasteiger partial charge in [-0.1, -0.05) is 12.1 Å². The SMILES string of the molecule is CC(Nc1ccc2ncsc2c1)c1cccc(F)c1F. The summed E-state index contributed by atoms with van der Waals surface area (Å²) in [5.41, 5.74) is 3.89. The summed E-state index contributed by atoms with van der Waals surface area (Å²) in [5.74, 6) is -1.62. The van der Waals surface area contributed by atoms with E-state index in [0.717, 1.165) is 22.0 Å². The molecular formula is C15H12F2N2S. The first-order valence-corrected chi connectivity index (χ1v) is 7.07. The molecule has 0 fully saturated rings. The summed E-state index contributed by atoms with van der Waals surface area (Å²) in [4.78, 5) is 4.20. The summed E-state index contributed by atoms with van der Waals surface area (Å²) in [6, 6.07) is 9.64. The van der Waals surface area contributed by atoms with Crippen molar-refractivity contribution in [3.05, 3.63) is 59.1 Å². The molecule has 1 N–H and O–H groups in total. The highest BCUT2D eigenvalue weighted by Crippen LogP contribution is 2.26. The molecule has 20 heavy (non-hydrogen) atoms. The van der Waals surface area contributed by atoms with Crippen molar-refractivity contribution in [3.63, 3.8) is 0 Å². The Morgan fingerprint density at radius 3 is 2.90 bits per heavy atom. The van der Waals surface area contributed by atoms with Gasteiger partial charge in [0.25, 0.3) is 0 Å². The molecule has 0 amide bonds. The first kappa shape index (κ1) is 13.0. The molecule has 0 bridgehead atoms. The molecule has 1 heterocycles. The first-order chi connectivity index (χ1) is 9.65. The fourth-order valence-corrected chi connectivity index (χ4v) is 2.84. The van der Waals surface area contributed by atoms with Crippen LogP contribution < -0.4 is 5.32 Å². The maximum atomic E-state index is 13.7. The number of rotatable bonds is 3. The molecule has 3 rings (SSSR count).